The van der Waals surface area contributed by atoms with Crippen LogP contribution in [-0.4, -0.2) is 117 Å². The number of likely N-dealkylation sites (N-methyl/N-ethyl adjacent to an activating group) is 1. The Kier molecular flexibility index (Phi) is 22.4. The number of unbranched alkanes of at least 4 members (excludes halogenated alkanes) is 1. The van der Waals surface area contributed by atoms with Gasteiger partial charge in [0.1, 0.15) is 16.7 Å². The first-order valence-electron chi connectivity index (χ1n) is 23.0. The van der Waals surface area contributed by atoms with Crippen LogP contribution in [0, 0.1) is 29.6 Å². The number of thiazole rings is 1. The van der Waals surface area contributed by atoms with Crippen molar-refractivity contribution in [3.63, 3.8) is 0 Å². The molecule has 0 aliphatic carbocycles. The van der Waals surface area contributed by atoms with E-state index in [4.69, 9.17) is 26.8 Å². The van der Waals surface area contributed by atoms with Crippen molar-refractivity contribution in [1.82, 2.24) is 25.6 Å². The summed E-state index contributed by atoms with van der Waals surface area (Å²) in [6.45, 7) is 12.9. The van der Waals surface area contributed by atoms with Crippen LogP contribution in [0.15, 0.2) is 29.6 Å². The quantitative estimate of drug-likeness (QED) is 0.0287. The van der Waals surface area contributed by atoms with Crippen LogP contribution in [0.25, 0.3) is 0 Å². The second-order valence-corrected chi connectivity index (χ2v) is 19.3. The Hall–Kier alpha value is -5.42. The molecule has 19 heteroatoms. The Morgan fingerprint density at radius 1 is 1.07 bits per heavy atom. The van der Waals surface area contributed by atoms with Crippen molar-refractivity contribution in [3.8, 4) is 12.3 Å². The third-order valence-electron chi connectivity index (χ3n) is 12.0. The highest BCUT2D eigenvalue weighted by atomic mass is 32.1. The van der Waals surface area contributed by atoms with Gasteiger partial charge in [0, 0.05) is 43.3 Å². The van der Waals surface area contributed by atoms with Gasteiger partial charge in [0.25, 0.3) is 11.8 Å². The van der Waals surface area contributed by atoms with Crippen molar-refractivity contribution in [1.29, 1.82) is 0 Å². The van der Waals surface area contributed by atoms with Crippen LogP contribution in [0.5, 0.6) is 0 Å². The number of nitrogens with two attached hydrogens (primary N) is 1. The molecular formula is C48H71N7O11S. The van der Waals surface area contributed by atoms with Crippen molar-refractivity contribution >= 4 is 58.6 Å². The van der Waals surface area contributed by atoms with E-state index >= 15 is 0 Å². The maximum atomic E-state index is 14.8. The van der Waals surface area contributed by atoms with E-state index in [9.17, 15) is 38.7 Å². The molecule has 1 unspecified atom stereocenters. The summed E-state index contributed by atoms with van der Waals surface area (Å²) < 4.78 is 5.85. The Bertz CT molecular complexity index is 2040. The Balaban J connectivity index is 1.91. The number of amides is 4. The lowest BCUT2D eigenvalue weighted by Gasteiger charge is -2.39. The molecule has 67 heavy (non-hydrogen) atoms. The minimum atomic E-state index is -1.24. The molecule has 0 spiro atoms. The van der Waals surface area contributed by atoms with Crippen LogP contribution >= 0.6 is 11.3 Å². The molecule has 7 N–H and O–H groups in total. The number of carboxylic acid groups (broad SMARTS) is 2. The van der Waals surface area contributed by atoms with E-state index in [0.717, 1.165) is 30.7 Å². The van der Waals surface area contributed by atoms with E-state index in [-0.39, 0.29) is 73.2 Å². The van der Waals surface area contributed by atoms with Crippen molar-refractivity contribution < 1.29 is 53.3 Å². The largest absolute Gasteiger partial charge is 0.481 e. The van der Waals surface area contributed by atoms with Crippen LogP contribution in [0.3, 0.4) is 0 Å². The number of esters is 1. The number of aliphatic carboxylic acids is 2. The molecule has 3 rings (SSSR count). The number of carbonyl (C=O) groups is 7. The summed E-state index contributed by atoms with van der Waals surface area (Å²) in [5.74, 6) is -2.52. The molecule has 370 valence electrons. The van der Waals surface area contributed by atoms with Gasteiger partial charge in [0.2, 0.25) is 11.8 Å². The van der Waals surface area contributed by atoms with Gasteiger partial charge < -0.3 is 36.6 Å². The number of terminal acetylenes is 1. The molecule has 1 aliphatic rings. The smallest absolute Gasteiger partial charge is 0.309 e. The van der Waals surface area contributed by atoms with Gasteiger partial charge in [-0.05, 0) is 95.5 Å². The normalized spacial score (nSPS) is 16.9. The van der Waals surface area contributed by atoms with Crippen LogP contribution < -0.4 is 21.7 Å². The Morgan fingerprint density at radius 3 is 2.34 bits per heavy atom. The number of ether oxygens (including phenoxy) is 1. The van der Waals surface area contributed by atoms with Crippen LogP contribution in [0.4, 0.5) is 5.69 Å². The summed E-state index contributed by atoms with van der Waals surface area (Å²) >= 11 is 1.08. The number of aromatic nitrogens is 1. The summed E-state index contributed by atoms with van der Waals surface area (Å²) in [5.41, 5.74) is 5.72. The number of carbonyl (C=O) groups excluding carboxylic acids is 5. The molecule has 0 radical (unpaired) electrons. The lowest BCUT2D eigenvalue weighted by Crippen LogP contribution is -2.58. The maximum Gasteiger partial charge on any atom is 0.309 e. The topological polar surface area (TPSA) is 260 Å². The van der Waals surface area contributed by atoms with Crippen molar-refractivity contribution in [3.05, 3.63) is 45.9 Å². The summed E-state index contributed by atoms with van der Waals surface area (Å²) in [6.07, 6.45) is 8.49. The van der Waals surface area contributed by atoms with E-state index < -0.39 is 71.3 Å². The molecule has 7 atom stereocenters. The zero-order valence-corrected chi connectivity index (χ0v) is 41.0. The van der Waals surface area contributed by atoms with Gasteiger partial charge in [-0.15, -0.1) is 23.7 Å². The number of piperidine rings is 1. The van der Waals surface area contributed by atoms with Gasteiger partial charge in [-0.1, -0.05) is 52.7 Å². The standard InChI is InChI=1S/C48H71N7O11S/c1-10-12-15-24-65-55(46(62)41(30(5)11-2)53-44(61)37-16-13-14-23-54(37)9)38(29(3)4)26-39(66-31(6)56)45-52-36(28-67-45)43(60)51-34(27-48(7,8)47(63)64)25-32-17-19-33(20-18-32)50-42(59)35(49)21-22-40(57)58/h1,17-20,28-30,34-35,37-39,41H,11-16,21-27,49H2,2-9H3,(H,50,59)(H,51,60)(H,53,61)(H,57,58)(H,63,64)/t30-,34-,35+,37+,38+,39?,41-/m0/s1. The van der Waals surface area contributed by atoms with Crippen molar-refractivity contribution in [2.45, 2.75) is 155 Å². The van der Waals surface area contributed by atoms with Gasteiger partial charge in [0.05, 0.1) is 30.1 Å². The zero-order valence-electron chi connectivity index (χ0n) is 40.2. The summed E-state index contributed by atoms with van der Waals surface area (Å²) in [7, 11) is 1.90. The highest BCUT2D eigenvalue weighted by Crippen LogP contribution is 2.32. The molecule has 1 aromatic heterocycles. The third kappa shape index (κ3) is 17.6. The van der Waals surface area contributed by atoms with Gasteiger partial charge in [-0.3, -0.25) is 43.3 Å². The Labute approximate surface area is 398 Å². The third-order valence-corrected chi connectivity index (χ3v) is 12.9. The van der Waals surface area contributed by atoms with Gasteiger partial charge in [0.15, 0.2) is 6.10 Å². The highest BCUT2D eigenvalue weighted by Gasteiger charge is 2.40. The molecule has 2 heterocycles. The van der Waals surface area contributed by atoms with E-state index in [1.54, 1.807) is 38.1 Å². The number of hydrogen-bond acceptors (Lipinski definition) is 13. The molecule has 1 aromatic carbocycles. The number of likely N-dealkylation sites (tertiary alicyclic amines) is 1. The first-order valence-corrected chi connectivity index (χ1v) is 23.9. The number of nitrogens with zero attached hydrogens (tertiary/aromatic N) is 3. The van der Waals surface area contributed by atoms with Crippen molar-refractivity contribution in [2.75, 3.05) is 25.5 Å². The molecule has 1 fully saturated rings. The molecule has 0 bridgehead atoms. The second-order valence-electron chi connectivity index (χ2n) is 18.4. The number of rotatable bonds is 27. The molecular weight excluding hydrogens is 883 g/mol. The SMILES string of the molecule is C#CCCCON(C(=O)[C@@H](NC(=O)[C@H]1CCCCN1C)[C@@H](C)CC)[C@H](CC(OC(C)=O)c1nc(C(=O)N[C@@H](Cc2ccc(NC(=O)[C@H](N)CCC(=O)O)cc2)CC(C)(C)C(=O)O)cs1)C(C)C. The fraction of sp³-hybridized carbons (Fsp3) is 0.625. The van der Waals surface area contributed by atoms with E-state index in [1.807, 2.05) is 39.6 Å². The highest BCUT2D eigenvalue weighted by molar-refractivity contribution is 7.09. The predicted octanol–water partition coefficient (Wildman–Crippen LogP) is 5.32. The first-order chi connectivity index (χ1) is 31.6. The van der Waals surface area contributed by atoms with Crippen LogP contribution in [0.1, 0.15) is 140 Å². The number of benzene rings is 1. The van der Waals surface area contributed by atoms with Crippen LogP contribution in [-0.2, 0) is 44.8 Å². The molecule has 0 saturated carbocycles. The first kappa shape index (κ1) is 55.9. The van der Waals surface area contributed by atoms with E-state index in [2.05, 4.69) is 26.9 Å². The summed E-state index contributed by atoms with van der Waals surface area (Å²) in [4.78, 5) is 104. The van der Waals surface area contributed by atoms with Crippen molar-refractivity contribution in [2.24, 2.45) is 23.0 Å². The fourth-order valence-corrected chi connectivity index (χ4v) is 8.56. The summed E-state index contributed by atoms with van der Waals surface area (Å²) in [5, 5.41) is 30.7. The second kappa shape index (κ2) is 26.8. The number of anilines is 1. The summed E-state index contributed by atoms with van der Waals surface area (Å²) in [6, 6.07) is 2.93. The molecule has 1 saturated heterocycles. The lowest BCUT2D eigenvalue weighted by atomic mass is 9.84. The number of carboxylic acids is 2. The average Bonchev–Trinajstić information content (AvgIpc) is 3.77. The molecule has 1 aliphatic heterocycles. The molecule has 18 nitrogen and oxygen atoms in total. The maximum absolute atomic E-state index is 14.8. The monoisotopic (exact) mass is 953 g/mol. The number of hydroxylamine groups is 2. The van der Waals surface area contributed by atoms with Gasteiger partial charge in [-0.25, -0.2) is 10.0 Å². The van der Waals surface area contributed by atoms with Gasteiger partial charge in [-0.2, -0.15) is 0 Å². The minimum Gasteiger partial charge on any atom is -0.481 e. The average molecular weight is 954 g/mol. The van der Waals surface area contributed by atoms with E-state index in [1.165, 1.54) is 17.4 Å². The lowest BCUT2D eigenvalue weighted by molar-refractivity contribution is -0.213. The fourth-order valence-electron chi connectivity index (χ4n) is 7.72. The zero-order chi connectivity index (χ0) is 50.0. The predicted molar refractivity (Wildman–Crippen MR) is 253 cm³/mol. The van der Waals surface area contributed by atoms with E-state index in [0.29, 0.717) is 36.9 Å². The van der Waals surface area contributed by atoms with Crippen LogP contribution in [0.2, 0.25) is 0 Å². The molecule has 4 amide bonds. The molecule has 2 aromatic rings. The minimum absolute atomic E-state index is 0.000582. The number of hydrogen-bond donors (Lipinski definition) is 6. The number of nitrogens with one attached hydrogen (secondary N) is 3. The van der Waals surface area contributed by atoms with Gasteiger partial charge >= 0.3 is 17.9 Å². The Morgan fingerprint density at radius 2 is 1.76 bits per heavy atom.